The Labute approximate surface area is 169 Å². The first kappa shape index (κ1) is 20.6. The van der Waals surface area contributed by atoms with E-state index in [2.05, 4.69) is 39.1 Å². The summed E-state index contributed by atoms with van der Waals surface area (Å²) in [4.78, 5) is 27.5. The Morgan fingerprint density at radius 2 is 1.45 bits per heavy atom. The molecule has 0 amide bonds. The van der Waals surface area contributed by atoms with Crippen LogP contribution in [0.3, 0.4) is 0 Å². The molecule has 0 atom stereocenters. The van der Waals surface area contributed by atoms with Crippen molar-refractivity contribution >= 4 is 5.69 Å². The molecule has 8 nitrogen and oxygen atoms in total. The number of rotatable bonds is 8. The average Bonchev–Trinajstić information content (AvgIpc) is 3.21. The lowest BCUT2D eigenvalue weighted by atomic mass is 9.84. The van der Waals surface area contributed by atoms with Gasteiger partial charge in [0.2, 0.25) is 0 Å². The van der Waals surface area contributed by atoms with Crippen LogP contribution in [-0.4, -0.2) is 40.1 Å². The molecule has 2 aromatic heterocycles. The molecule has 8 heteroatoms. The summed E-state index contributed by atoms with van der Waals surface area (Å²) in [6.07, 6.45) is 0. The van der Waals surface area contributed by atoms with Crippen LogP contribution in [0.25, 0.3) is 0 Å². The Hall–Kier alpha value is -3.16. The summed E-state index contributed by atoms with van der Waals surface area (Å²) < 4.78 is 5.98. The first-order valence-corrected chi connectivity index (χ1v) is 9.98. The molecule has 0 fully saturated rings. The van der Waals surface area contributed by atoms with Gasteiger partial charge < -0.3 is 19.8 Å². The maximum atomic E-state index is 12.7. The number of nitrogens with zero attached hydrogens (tertiary/aromatic N) is 1. The third kappa shape index (κ3) is 3.74. The van der Waals surface area contributed by atoms with Gasteiger partial charge in [-0.05, 0) is 40.7 Å². The van der Waals surface area contributed by atoms with Crippen molar-refractivity contribution in [3.63, 3.8) is 0 Å². The first-order chi connectivity index (χ1) is 13.9. The van der Waals surface area contributed by atoms with Gasteiger partial charge in [-0.15, -0.1) is 0 Å². The van der Waals surface area contributed by atoms with Gasteiger partial charge in [0.15, 0.2) is 0 Å². The molecule has 0 aliphatic heterocycles. The molecule has 0 aliphatic carbocycles. The third-order valence-electron chi connectivity index (χ3n) is 5.34. The number of aromatic nitrogens is 4. The van der Waals surface area contributed by atoms with Crippen LogP contribution in [0.15, 0.2) is 27.8 Å². The predicted molar refractivity (Wildman–Crippen MR) is 114 cm³/mol. The Kier molecular flexibility index (Phi) is 6.00. The highest BCUT2D eigenvalue weighted by atomic mass is 16.5. The average molecular weight is 399 g/mol. The lowest BCUT2D eigenvalue weighted by Gasteiger charge is -2.25. The summed E-state index contributed by atoms with van der Waals surface area (Å²) in [5.74, 6) is 0.106. The molecule has 1 aromatic carbocycles. The molecule has 2 heterocycles. The molecule has 3 rings (SSSR count). The maximum Gasteiger partial charge on any atom is 0.268 e. The molecule has 0 saturated heterocycles. The normalized spacial score (nSPS) is 11.2. The lowest BCUT2D eigenvalue weighted by Crippen LogP contribution is -2.23. The minimum atomic E-state index is -0.563. The summed E-state index contributed by atoms with van der Waals surface area (Å²) in [7, 11) is 0. The summed E-state index contributed by atoms with van der Waals surface area (Å²) in [6.45, 7) is 12.0. The Morgan fingerprint density at radius 3 is 1.86 bits per heavy atom. The van der Waals surface area contributed by atoms with E-state index in [4.69, 9.17) is 4.74 Å². The van der Waals surface area contributed by atoms with E-state index in [0.29, 0.717) is 34.9 Å². The van der Waals surface area contributed by atoms with Gasteiger partial charge in [-0.2, -0.15) is 0 Å². The highest BCUT2D eigenvalue weighted by Crippen LogP contribution is 2.38. The number of anilines is 1. The fourth-order valence-electron chi connectivity index (χ4n) is 3.89. The predicted octanol–water partition coefficient (Wildman–Crippen LogP) is 2.76. The van der Waals surface area contributed by atoms with E-state index in [9.17, 15) is 9.59 Å². The minimum Gasteiger partial charge on any atom is -0.493 e. The quantitative estimate of drug-likeness (QED) is 0.467. The van der Waals surface area contributed by atoms with Crippen molar-refractivity contribution in [3.05, 3.63) is 67.0 Å². The summed E-state index contributed by atoms with van der Waals surface area (Å²) in [5, 5.41) is 11.0. The molecule has 0 radical (unpaired) electrons. The van der Waals surface area contributed by atoms with Crippen LogP contribution in [0.4, 0.5) is 5.69 Å². The van der Waals surface area contributed by atoms with E-state index >= 15 is 0 Å². The van der Waals surface area contributed by atoms with Gasteiger partial charge in [-0.25, -0.2) is 0 Å². The molecule has 156 valence electrons. The number of ether oxygens (including phenoxy) is 1. The molecule has 0 aliphatic rings. The second-order valence-electron chi connectivity index (χ2n) is 7.00. The molecule has 0 bridgehead atoms. The minimum absolute atomic E-state index is 0.247. The van der Waals surface area contributed by atoms with Crippen molar-refractivity contribution in [2.24, 2.45) is 0 Å². The largest absolute Gasteiger partial charge is 0.493 e. The number of hydrogen-bond donors (Lipinski definition) is 4. The highest BCUT2D eigenvalue weighted by Gasteiger charge is 2.30. The third-order valence-corrected chi connectivity index (χ3v) is 5.34. The zero-order valence-corrected chi connectivity index (χ0v) is 17.6. The molecule has 4 N–H and O–H groups in total. The van der Waals surface area contributed by atoms with E-state index in [0.717, 1.165) is 24.3 Å². The van der Waals surface area contributed by atoms with Crippen molar-refractivity contribution < 1.29 is 4.74 Å². The SMILES string of the molecule is CCOc1cc(N(CC)CC)ccc1C(c1c(C)[nH][nH]c1=O)c1c(C)[nH][nH]c1=O. The fraction of sp³-hybridized carbons (Fsp3) is 0.429. The number of aryl methyl sites for hydroxylation is 2. The molecular weight excluding hydrogens is 370 g/mol. The van der Waals surface area contributed by atoms with E-state index in [1.807, 2.05) is 39.0 Å². The van der Waals surface area contributed by atoms with Gasteiger partial charge in [0.25, 0.3) is 11.1 Å². The molecule has 0 spiro atoms. The van der Waals surface area contributed by atoms with Crippen LogP contribution < -0.4 is 20.8 Å². The Balaban J connectivity index is 2.29. The van der Waals surface area contributed by atoms with Crippen molar-refractivity contribution in [1.29, 1.82) is 0 Å². The van der Waals surface area contributed by atoms with Crippen molar-refractivity contribution in [2.75, 3.05) is 24.6 Å². The number of H-pyrrole nitrogens is 4. The molecule has 0 saturated carbocycles. The zero-order valence-electron chi connectivity index (χ0n) is 17.6. The molecule has 3 aromatic rings. The van der Waals surface area contributed by atoms with Gasteiger partial charge in [0, 0.05) is 41.8 Å². The van der Waals surface area contributed by atoms with Crippen LogP contribution in [-0.2, 0) is 0 Å². The zero-order chi connectivity index (χ0) is 21.1. The number of hydrogen-bond acceptors (Lipinski definition) is 4. The fourth-order valence-corrected chi connectivity index (χ4v) is 3.89. The molecular formula is C21H29N5O3. The summed E-state index contributed by atoms with van der Waals surface area (Å²) in [6, 6.07) is 5.97. The monoisotopic (exact) mass is 399 g/mol. The number of aromatic amines is 4. The van der Waals surface area contributed by atoms with Crippen LogP contribution in [0.5, 0.6) is 5.75 Å². The number of benzene rings is 1. The maximum absolute atomic E-state index is 12.7. The number of nitrogens with one attached hydrogen (secondary N) is 4. The topological polar surface area (TPSA) is 110 Å². The van der Waals surface area contributed by atoms with Crippen LogP contribution in [0, 0.1) is 13.8 Å². The summed E-state index contributed by atoms with van der Waals surface area (Å²) >= 11 is 0. The first-order valence-electron chi connectivity index (χ1n) is 9.98. The van der Waals surface area contributed by atoms with Gasteiger partial charge in [-0.1, -0.05) is 6.07 Å². The second-order valence-corrected chi connectivity index (χ2v) is 7.00. The van der Waals surface area contributed by atoms with E-state index in [1.54, 1.807) is 0 Å². The van der Waals surface area contributed by atoms with Crippen LogP contribution in [0.1, 0.15) is 54.8 Å². The van der Waals surface area contributed by atoms with Crippen molar-refractivity contribution in [1.82, 2.24) is 20.4 Å². The van der Waals surface area contributed by atoms with E-state index in [-0.39, 0.29) is 11.1 Å². The van der Waals surface area contributed by atoms with Gasteiger partial charge in [-0.3, -0.25) is 19.8 Å². The molecule has 29 heavy (non-hydrogen) atoms. The molecule has 0 unspecified atom stereocenters. The Bertz CT molecular complexity index is 1030. The summed E-state index contributed by atoms with van der Waals surface area (Å²) in [5.41, 5.74) is 3.73. The van der Waals surface area contributed by atoms with Gasteiger partial charge in [0.05, 0.1) is 23.7 Å². The second kappa shape index (κ2) is 8.46. The smallest absolute Gasteiger partial charge is 0.268 e. The van der Waals surface area contributed by atoms with Crippen molar-refractivity contribution in [2.45, 2.75) is 40.5 Å². The van der Waals surface area contributed by atoms with E-state index in [1.165, 1.54) is 0 Å². The van der Waals surface area contributed by atoms with Crippen molar-refractivity contribution in [3.8, 4) is 5.75 Å². The lowest BCUT2D eigenvalue weighted by molar-refractivity contribution is 0.336. The highest BCUT2D eigenvalue weighted by molar-refractivity contribution is 5.58. The van der Waals surface area contributed by atoms with E-state index < -0.39 is 5.92 Å². The van der Waals surface area contributed by atoms with Crippen LogP contribution in [0.2, 0.25) is 0 Å². The standard InChI is InChI=1S/C21H29N5O3/c1-6-26(7-2)14-9-10-15(16(11-14)29-8-3)19(17-12(4)22-24-20(17)27)18-13(5)23-25-21(18)28/h9-11,19H,6-8H2,1-5H3,(H2,22,24,27)(H2,23,25,28). The van der Waals surface area contributed by atoms with Gasteiger partial charge >= 0.3 is 0 Å². The van der Waals surface area contributed by atoms with Crippen LogP contribution >= 0.6 is 0 Å². The Morgan fingerprint density at radius 1 is 0.897 bits per heavy atom. The van der Waals surface area contributed by atoms with Gasteiger partial charge in [0.1, 0.15) is 5.75 Å².